The van der Waals surface area contributed by atoms with E-state index in [-0.39, 0.29) is 6.04 Å². The van der Waals surface area contributed by atoms with Crippen molar-refractivity contribution >= 4 is 29.4 Å². The quantitative estimate of drug-likeness (QED) is 0.395. The Bertz CT molecular complexity index is 1180. The van der Waals surface area contributed by atoms with Crippen LogP contribution < -0.4 is 21.3 Å². The molecule has 9 nitrogen and oxygen atoms in total. The van der Waals surface area contributed by atoms with Crippen molar-refractivity contribution in [2.24, 2.45) is 11.7 Å². The van der Waals surface area contributed by atoms with Crippen molar-refractivity contribution in [2.75, 3.05) is 42.2 Å². The van der Waals surface area contributed by atoms with Crippen LogP contribution >= 0.6 is 0 Å². The van der Waals surface area contributed by atoms with Gasteiger partial charge in [0.2, 0.25) is 23.8 Å². The Morgan fingerprint density at radius 2 is 1.89 bits per heavy atom. The molecule has 1 aliphatic heterocycles. The van der Waals surface area contributed by atoms with Gasteiger partial charge >= 0.3 is 0 Å². The number of anilines is 4. The summed E-state index contributed by atoms with van der Waals surface area (Å²) in [5.74, 6) is 1.52. The average molecular weight is 489 g/mol. The predicted molar refractivity (Wildman–Crippen MR) is 145 cm³/mol. The number of benzene rings is 2. The van der Waals surface area contributed by atoms with E-state index in [4.69, 9.17) is 10.7 Å². The van der Waals surface area contributed by atoms with Gasteiger partial charge in [0.1, 0.15) is 0 Å². The second kappa shape index (κ2) is 11.3. The van der Waals surface area contributed by atoms with Gasteiger partial charge in [-0.15, -0.1) is 0 Å². The van der Waals surface area contributed by atoms with E-state index >= 15 is 0 Å². The largest absolute Gasteiger partial charge is 0.366 e. The minimum Gasteiger partial charge on any atom is -0.366 e. The van der Waals surface area contributed by atoms with Gasteiger partial charge in [0.15, 0.2) is 0 Å². The molecule has 2 heterocycles. The lowest BCUT2D eigenvalue weighted by molar-refractivity contribution is 0.100. The molecule has 2 aromatic carbocycles. The van der Waals surface area contributed by atoms with Crippen molar-refractivity contribution < 1.29 is 4.79 Å². The summed E-state index contributed by atoms with van der Waals surface area (Å²) >= 11 is 0. The molecule has 0 radical (unpaired) electrons. The van der Waals surface area contributed by atoms with Crippen molar-refractivity contribution in [3.63, 3.8) is 0 Å². The highest BCUT2D eigenvalue weighted by atomic mass is 16.1. The van der Waals surface area contributed by atoms with E-state index in [1.807, 2.05) is 31.0 Å². The van der Waals surface area contributed by atoms with Crippen LogP contribution in [0, 0.1) is 12.8 Å². The number of likely N-dealkylation sites (tertiary alicyclic amines) is 1. The van der Waals surface area contributed by atoms with E-state index in [1.165, 1.54) is 5.56 Å². The van der Waals surface area contributed by atoms with Crippen molar-refractivity contribution in [3.8, 4) is 0 Å². The molecule has 9 heteroatoms. The number of carbonyl (C=O) groups excluding carboxylic acids is 1. The molecular weight excluding hydrogens is 452 g/mol. The van der Waals surface area contributed by atoms with E-state index in [0.29, 0.717) is 29.3 Å². The van der Waals surface area contributed by atoms with E-state index < -0.39 is 5.91 Å². The third-order valence-corrected chi connectivity index (χ3v) is 6.23. The number of primary amides is 1. The van der Waals surface area contributed by atoms with E-state index in [1.54, 1.807) is 12.1 Å². The van der Waals surface area contributed by atoms with Crippen LogP contribution in [-0.2, 0) is 6.54 Å². The first-order valence-corrected chi connectivity index (χ1v) is 12.4. The molecule has 1 fully saturated rings. The number of rotatable bonds is 10. The van der Waals surface area contributed by atoms with Crippen LogP contribution in [0.25, 0.3) is 0 Å². The van der Waals surface area contributed by atoms with Gasteiger partial charge in [-0.25, -0.2) is 0 Å². The molecule has 1 amide bonds. The molecule has 190 valence electrons. The number of amides is 1. The Balaban J connectivity index is 1.53. The van der Waals surface area contributed by atoms with Gasteiger partial charge in [0.25, 0.3) is 0 Å². The topological polar surface area (TPSA) is 112 Å². The van der Waals surface area contributed by atoms with E-state index in [2.05, 4.69) is 63.6 Å². The van der Waals surface area contributed by atoms with Crippen LogP contribution in [0.15, 0.2) is 48.5 Å². The van der Waals surface area contributed by atoms with Crippen molar-refractivity contribution in [3.05, 3.63) is 65.2 Å². The maximum Gasteiger partial charge on any atom is 0.248 e. The SMILES string of the molecule is Cc1ccc(C(N)=O)cc1Nc1nc(N[C@@H]2CCN(Cc3ccccc3)C2)nc(N(C)CC(C)C)n1. The molecule has 1 atom stereocenters. The van der Waals surface area contributed by atoms with Crippen LogP contribution in [0.3, 0.4) is 0 Å². The fourth-order valence-electron chi connectivity index (χ4n) is 4.43. The fourth-order valence-corrected chi connectivity index (χ4v) is 4.43. The smallest absolute Gasteiger partial charge is 0.248 e. The average Bonchev–Trinajstić information content (AvgIpc) is 3.27. The van der Waals surface area contributed by atoms with Gasteiger partial charge < -0.3 is 21.3 Å². The monoisotopic (exact) mass is 488 g/mol. The first kappa shape index (κ1) is 25.4. The molecular formula is C27H36N8O. The highest BCUT2D eigenvalue weighted by Gasteiger charge is 2.24. The summed E-state index contributed by atoms with van der Waals surface area (Å²) < 4.78 is 0. The Kier molecular flexibility index (Phi) is 8.00. The molecule has 1 aromatic heterocycles. The van der Waals surface area contributed by atoms with E-state index in [9.17, 15) is 4.79 Å². The highest BCUT2D eigenvalue weighted by molar-refractivity contribution is 5.94. The van der Waals surface area contributed by atoms with Crippen molar-refractivity contribution in [1.29, 1.82) is 0 Å². The summed E-state index contributed by atoms with van der Waals surface area (Å²) in [6.07, 6.45) is 1.01. The number of carbonyl (C=O) groups is 1. The maximum atomic E-state index is 11.7. The second-order valence-corrected chi connectivity index (χ2v) is 9.93. The van der Waals surface area contributed by atoms with E-state index in [0.717, 1.165) is 43.9 Å². The van der Waals surface area contributed by atoms with Crippen LogP contribution in [0.2, 0.25) is 0 Å². The zero-order valence-corrected chi connectivity index (χ0v) is 21.5. The van der Waals surface area contributed by atoms with Crippen LogP contribution in [0.4, 0.5) is 23.5 Å². The second-order valence-electron chi connectivity index (χ2n) is 9.93. The van der Waals surface area contributed by atoms with Crippen LogP contribution in [0.5, 0.6) is 0 Å². The summed E-state index contributed by atoms with van der Waals surface area (Å²) in [5.41, 5.74) is 8.92. The Morgan fingerprint density at radius 3 is 2.61 bits per heavy atom. The normalized spacial score (nSPS) is 15.8. The zero-order chi connectivity index (χ0) is 25.7. The standard InChI is InChI=1S/C27H36N8O/c1-18(2)15-34(4)27-32-25(29-22-12-13-35(17-22)16-20-8-6-5-7-9-20)31-26(33-27)30-23-14-21(24(28)36)11-10-19(23)3/h5-11,14,18,22H,12-13,15-17H2,1-4H3,(H2,28,36)(H2,29,30,31,32,33)/t22-/m1/s1. The minimum absolute atomic E-state index is 0.243. The molecule has 1 aliphatic rings. The summed E-state index contributed by atoms with van der Waals surface area (Å²) in [5, 5.41) is 6.81. The molecule has 0 bridgehead atoms. The summed E-state index contributed by atoms with van der Waals surface area (Å²) in [6, 6.07) is 16.1. The highest BCUT2D eigenvalue weighted by Crippen LogP contribution is 2.23. The lowest BCUT2D eigenvalue weighted by atomic mass is 10.1. The van der Waals surface area contributed by atoms with Crippen LogP contribution in [-0.4, -0.2) is 58.5 Å². The van der Waals surface area contributed by atoms with Gasteiger partial charge in [-0.3, -0.25) is 9.69 Å². The zero-order valence-electron chi connectivity index (χ0n) is 21.5. The third-order valence-electron chi connectivity index (χ3n) is 6.23. The van der Waals surface area contributed by atoms with Crippen molar-refractivity contribution in [1.82, 2.24) is 19.9 Å². The number of nitrogens with one attached hydrogen (secondary N) is 2. The van der Waals surface area contributed by atoms with Gasteiger partial charge in [-0.05, 0) is 42.5 Å². The van der Waals surface area contributed by atoms with Gasteiger partial charge in [-0.1, -0.05) is 50.2 Å². The predicted octanol–water partition coefficient (Wildman–Crippen LogP) is 3.80. The molecule has 1 saturated heterocycles. The van der Waals surface area contributed by atoms with Gasteiger partial charge in [0.05, 0.1) is 0 Å². The lowest BCUT2D eigenvalue weighted by Gasteiger charge is -2.22. The molecule has 0 unspecified atom stereocenters. The fraction of sp³-hybridized carbons (Fsp3) is 0.407. The Morgan fingerprint density at radius 1 is 1.14 bits per heavy atom. The Labute approximate surface area is 213 Å². The van der Waals surface area contributed by atoms with Crippen molar-refractivity contribution in [2.45, 2.75) is 39.8 Å². The Hall–Kier alpha value is -3.72. The summed E-state index contributed by atoms with van der Waals surface area (Å²) in [4.78, 5) is 30.2. The van der Waals surface area contributed by atoms with Gasteiger partial charge in [-0.2, -0.15) is 15.0 Å². The molecule has 4 rings (SSSR count). The number of hydrogen-bond acceptors (Lipinski definition) is 8. The number of aromatic nitrogens is 3. The summed E-state index contributed by atoms with van der Waals surface area (Å²) in [6.45, 7) is 9.96. The molecule has 36 heavy (non-hydrogen) atoms. The summed E-state index contributed by atoms with van der Waals surface area (Å²) in [7, 11) is 1.99. The first-order chi connectivity index (χ1) is 17.3. The maximum absolute atomic E-state index is 11.7. The number of nitrogens with zero attached hydrogens (tertiary/aromatic N) is 5. The first-order valence-electron chi connectivity index (χ1n) is 12.4. The third kappa shape index (κ3) is 6.69. The molecule has 0 aliphatic carbocycles. The number of hydrogen-bond donors (Lipinski definition) is 3. The molecule has 4 N–H and O–H groups in total. The molecule has 0 spiro atoms. The lowest BCUT2D eigenvalue weighted by Crippen LogP contribution is -2.28. The molecule has 3 aromatic rings. The number of nitrogens with two attached hydrogens (primary N) is 1. The van der Waals surface area contributed by atoms with Gasteiger partial charge in [0, 0.05) is 50.5 Å². The molecule has 0 saturated carbocycles. The van der Waals surface area contributed by atoms with Crippen LogP contribution in [0.1, 0.15) is 41.8 Å². The minimum atomic E-state index is -0.477. The number of aryl methyl sites for hydroxylation is 1.